The molecule has 0 aliphatic carbocycles. The average Bonchev–Trinajstić information content (AvgIpc) is 3.45. The van der Waals surface area contributed by atoms with E-state index in [-0.39, 0.29) is 24.5 Å². The molecule has 0 spiro atoms. The van der Waals surface area contributed by atoms with Crippen LogP contribution >= 0.6 is 23.5 Å². The highest BCUT2D eigenvalue weighted by Crippen LogP contribution is 2.50. The Morgan fingerprint density at radius 1 is 0.500 bits per heavy atom. The molecule has 0 fully saturated rings. The van der Waals surface area contributed by atoms with Gasteiger partial charge in [-0.25, -0.2) is 0 Å². The van der Waals surface area contributed by atoms with Gasteiger partial charge >= 0.3 is 5.97 Å². The molecule has 0 saturated heterocycles. The van der Waals surface area contributed by atoms with Crippen molar-refractivity contribution < 1.29 is 34.5 Å². The monoisotopic (exact) mass is 1050 g/mol. The van der Waals surface area contributed by atoms with Crippen LogP contribution in [0.25, 0.3) is 0 Å². The maximum Gasteiger partial charge on any atom is 0.306 e. The van der Waals surface area contributed by atoms with E-state index in [0.29, 0.717) is 12.2 Å². The molecular formula is C64H67N3O7S2. The number of amides is 3. The van der Waals surface area contributed by atoms with Gasteiger partial charge in [0.1, 0.15) is 12.1 Å². The first-order chi connectivity index (χ1) is 36.9. The first kappa shape index (κ1) is 56.5. The second kappa shape index (κ2) is 28.1. The number of aliphatic hydroxyl groups is 2. The van der Waals surface area contributed by atoms with Gasteiger partial charge in [0.2, 0.25) is 17.7 Å². The third-order valence-corrected chi connectivity index (χ3v) is 16.5. The molecule has 0 unspecified atom stereocenters. The summed E-state index contributed by atoms with van der Waals surface area (Å²) in [4.78, 5) is 55.3. The number of hydrogen-bond acceptors (Lipinski definition) is 8. The number of carbonyl (C=O) groups is 4. The third kappa shape index (κ3) is 14.8. The van der Waals surface area contributed by atoms with Crippen molar-refractivity contribution in [3.63, 3.8) is 0 Å². The van der Waals surface area contributed by atoms with Crippen LogP contribution in [0.1, 0.15) is 72.1 Å². The summed E-state index contributed by atoms with van der Waals surface area (Å²) in [5.41, 5.74) is 6.98. The quantitative estimate of drug-likeness (QED) is 0.0167. The Kier molecular flexibility index (Phi) is 20.9. The topological polar surface area (TPSA) is 165 Å². The highest BCUT2D eigenvalue weighted by Gasteiger charge is 2.40. The molecule has 392 valence electrons. The smallest absolute Gasteiger partial charge is 0.306 e. The lowest BCUT2D eigenvalue weighted by molar-refractivity contribution is -0.140. The van der Waals surface area contributed by atoms with E-state index in [2.05, 4.69) is 88.7 Å². The molecule has 0 aliphatic heterocycles. The van der Waals surface area contributed by atoms with Crippen LogP contribution in [0.3, 0.4) is 0 Å². The van der Waals surface area contributed by atoms with Crippen LogP contribution in [0.4, 0.5) is 0 Å². The maximum atomic E-state index is 14.8. The Morgan fingerprint density at radius 3 is 1.28 bits per heavy atom. The van der Waals surface area contributed by atoms with Gasteiger partial charge in [-0.05, 0) is 57.0 Å². The number of thioether (sulfide) groups is 2. The van der Waals surface area contributed by atoms with Gasteiger partial charge in [-0.3, -0.25) is 19.2 Å². The lowest BCUT2D eigenvalue weighted by Gasteiger charge is -2.37. The highest BCUT2D eigenvalue weighted by molar-refractivity contribution is 8.00. The van der Waals surface area contributed by atoms with E-state index < -0.39 is 69.9 Å². The fourth-order valence-electron chi connectivity index (χ4n) is 9.58. The molecule has 76 heavy (non-hydrogen) atoms. The van der Waals surface area contributed by atoms with Crippen molar-refractivity contribution in [1.82, 2.24) is 16.0 Å². The van der Waals surface area contributed by atoms with E-state index in [0.717, 1.165) is 38.9 Å². The largest absolute Gasteiger partial charge is 0.481 e. The third-order valence-electron chi connectivity index (χ3n) is 13.3. The van der Waals surface area contributed by atoms with Gasteiger partial charge in [-0.1, -0.05) is 238 Å². The van der Waals surface area contributed by atoms with Gasteiger partial charge in [0.15, 0.2) is 0 Å². The normalized spacial score (nSPS) is 13.8. The van der Waals surface area contributed by atoms with Crippen molar-refractivity contribution in [2.45, 2.75) is 79.4 Å². The van der Waals surface area contributed by atoms with Crippen LogP contribution in [-0.2, 0) is 35.1 Å². The van der Waals surface area contributed by atoms with Crippen LogP contribution in [0.15, 0.2) is 224 Å². The summed E-state index contributed by atoms with van der Waals surface area (Å²) in [6.45, 7) is 3.54. The predicted molar refractivity (Wildman–Crippen MR) is 307 cm³/mol. The summed E-state index contributed by atoms with van der Waals surface area (Å²) in [5.74, 6) is -2.75. The Morgan fingerprint density at radius 2 is 0.882 bits per heavy atom. The molecule has 0 bridgehead atoms. The van der Waals surface area contributed by atoms with E-state index >= 15 is 0 Å². The summed E-state index contributed by atoms with van der Waals surface area (Å²) in [5, 5.41) is 40.7. The Labute approximate surface area is 455 Å². The zero-order valence-electron chi connectivity index (χ0n) is 42.9. The van der Waals surface area contributed by atoms with Crippen LogP contribution in [-0.4, -0.2) is 80.8 Å². The van der Waals surface area contributed by atoms with E-state index in [4.69, 9.17) is 0 Å². The molecular weight excluding hydrogens is 987 g/mol. The number of aliphatic carboxylic acids is 1. The minimum Gasteiger partial charge on any atom is -0.481 e. The number of hydrogen-bond donors (Lipinski definition) is 6. The number of benzene rings is 7. The minimum absolute atomic E-state index is 0.00700. The van der Waals surface area contributed by atoms with Gasteiger partial charge < -0.3 is 31.3 Å². The molecule has 5 atom stereocenters. The molecule has 0 heterocycles. The number of carboxylic acids is 1. The summed E-state index contributed by atoms with van der Waals surface area (Å²) in [6, 6.07) is 66.8. The molecule has 0 aromatic heterocycles. The lowest BCUT2D eigenvalue weighted by atomic mass is 9.84. The summed E-state index contributed by atoms with van der Waals surface area (Å²) in [6.07, 6.45) is 0.664. The zero-order chi connectivity index (χ0) is 53.8. The van der Waals surface area contributed by atoms with E-state index in [1.165, 1.54) is 11.8 Å². The first-order valence-electron chi connectivity index (χ1n) is 25.7. The second-order valence-electron chi connectivity index (χ2n) is 19.0. The van der Waals surface area contributed by atoms with Crippen molar-refractivity contribution in [2.75, 3.05) is 11.5 Å². The predicted octanol–water partition coefficient (Wildman–Crippen LogP) is 10.3. The number of rotatable bonds is 27. The Hall–Kier alpha value is -7.22. The fourth-order valence-corrected chi connectivity index (χ4v) is 12.6. The van der Waals surface area contributed by atoms with E-state index in [9.17, 15) is 34.5 Å². The number of nitrogens with one attached hydrogen (secondary N) is 3. The number of carboxylic acid groups (broad SMARTS) is 1. The maximum absolute atomic E-state index is 14.8. The summed E-state index contributed by atoms with van der Waals surface area (Å²) < 4.78 is -1.39. The molecule has 7 aromatic carbocycles. The van der Waals surface area contributed by atoms with Crippen molar-refractivity contribution >= 4 is 47.2 Å². The molecule has 12 heteroatoms. The van der Waals surface area contributed by atoms with E-state index in [1.807, 2.05) is 146 Å². The van der Waals surface area contributed by atoms with Crippen molar-refractivity contribution in [3.05, 3.63) is 263 Å². The molecule has 7 aromatic rings. The van der Waals surface area contributed by atoms with Crippen LogP contribution in [0, 0.1) is 5.92 Å². The molecule has 10 nitrogen and oxygen atoms in total. The SMILES string of the molecule is CC(C)[C@@H](NC(=O)[C@@H](CSC(c1ccccc1)(c1ccccc1)c1ccccc1)NC(=O)[C@@H](Cc1ccccc1)NC(=O)C[C@H](O)/C=C/CCSC(c1ccccc1)(c1ccccc1)c1ccccc1)[C@@H](O)CC(=O)O. The Balaban J connectivity index is 1.12. The minimum atomic E-state index is -1.42. The van der Waals surface area contributed by atoms with Crippen LogP contribution < -0.4 is 16.0 Å². The van der Waals surface area contributed by atoms with Gasteiger partial charge in [-0.15, -0.1) is 23.5 Å². The van der Waals surface area contributed by atoms with Crippen molar-refractivity contribution in [1.29, 1.82) is 0 Å². The van der Waals surface area contributed by atoms with Crippen LogP contribution in [0.5, 0.6) is 0 Å². The van der Waals surface area contributed by atoms with Crippen molar-refractivity contribution in [3.8, 4) is 0 Å². The van der Waals surface area contributed by atoms with Crippen LogP contribution in [0.2, 0.25) is 0 Å². The lowest BCUT2D eigenvalue weighted by Crippen LogP contribution is -2.58. The molecule has 3 amide bonds. The average molecular weight is 1050 g/mol. The molecule has 6 N–H and O–H groups in total. The highest BCUT2D eigenvalue weighted by atomic mass is 32.2. The number of carbonyl (C=O) groups excluding carboxylic acids is 3. The molecule has 0 radical (unpaired) electrons. The van der Waals surface area contributed by atoms with Gasteiger partial charge in [0, 0.05) is 12.2 Å². The molecule has 0 saturated carbocycles. The molecule has 7 rings (SSSR count). The molecule has 0 aliphatic rings. The van der Waals surface area contributed by atoms with Gasteiger partial charge in [-0.2, -0.15) is 0 Å². The Bertz CT molecular complexity index is 2730. The number of aliphatic hydroxyl groups excluding tert-OH is 2. The standard InChI is InChI=1S/C64H67N3O7S2/c1-46(2)60(57(69)44-59(71)72)67-62(74)56(45-76-64(51-34-18-7-19-35-51,52-36-20-8-21-37-52)53-38-22-9-23-39-53)66-61(73)55(42-47-26-10-3-11-27-47)65-58(70)43-54(68)40-24-25-41-75-63(48-28-12-4-13-29-48,49-30-14-5-15-31-49)50-32-16-6-17-33-50/h3-24,26-40,46,54-57,60,68-69H,25,41-45H2,1-2H3,(H,65,70)(H,66,73)(H,67,74)(H,71,72)/b40-24+/t54-,55-,56-,57+,60-/m1/s1. The zero-order valence-corrected chi connectivity index (χ0v) is 44.5. The summed E-state index contributed by atoms with van der Waals surface area (Å²) >= 11 is 3.25. The van der Waals surface area contributed by atoms with E-state index in [1.54, 1.807) is 31.7 Å². The van der Waals surface area contributed by atoms with Gasteiger partial charge in [0.05, 0.1) is 40.6 Å². The van der Waals surface area contributed by atoms with Gasteiger partial charge in [0.25, 0.3) is 0 Å². The first-order valence-corrected chi connectivity index (χ1v) is 27.7. The van der Waals surface area contributed by atoms with Crippen molar-refractivity contribution in [2.24, 2.45) is 5.92 Å². The fraction of sp³-hybridized carbons (Fsp3) is 0.250. The summed E-state index contributed by atoms with van der Waals surface area (Å²) in [7, 11) is 0. The second-order valence-corrected chi connectivity index (χ2v) is 21.6. The number of allylic oxidation sites excluding steroid dienone is 1.